The molecular weight excluding hydrogens is 402 g/mol. The van der Waals surface area contributed by atoms with E-state index in [4.69, 9.17) is 4.98 Å². The summed E-state index contributed by atoms with van der Waals surface area (Å²) in [4.78, 5) is 34.3. The van der Waals surface area contributed by atoms with Gasteiger partial charge >= 0.3 is 0 Å². The van der Waals surface area contributed by atoms with Crippen LogP contribution in [0.3, 0.4) is 0 Å². The van der Waals surface area contributed by atoms with Gasteiger partial charge in [0.15, 0.2) is 0 Å². The van der Waals surface area contributed by atoms with Crippen molar-refractivity contribution < 1.29 is 4.79 Å². The number of amides is 1. The van der Waals surface area contributed by atoms with Gasteiger partial charge < -0.3 is 14.5 Å². The van der Waals surface area contributed by atoms with Gasteiger partial charge in [-0.25, -0.2) is 4.98 Å². The van der Waals surface area contributed by atoms with Gasteiger partial charge in [-0.2, -0.15) is 0 Å². The number of hydrogen-bond acceptors (Lipinski definition) is 4. The number of anilines is 1. The summed E-state index contributed by atoms with van der Waals surface area (Å²) in [6, 6.07) is 13.0. The van der Waals surface area contributed by atoms with Gasteiger partial charge in [0, 0.05) is 60.8 Å². The summed E-state index contributed by atoms with van der Waals surface area (Å²) < 4.78 is 3.38. The average Bonchev–Trinajstić information content (AvgIpc) is 3.19. The first kappa shape index (κ1) is 19.7. The van der Waals surface area contributed by atoms with E-state index in [1.807, 2.05) is 55.1 Å². The maximum Gasteiger partial charge on any atom is 0.274 e. The molecule has 7 nitrogen and oxygen atoms in total. The highest BCUT2D eigenvalue weighted by Crippen LogP contribution is 2.29. The highest BCUT2D eigenvalue weighted by atomic mass is 16.1. The van der Waals surface area contributed by atoms with E-state index in [1.165, 1.54) is 0 Å². The summed E-state index contributed by atoms with van der Waals surface area (Å²) in [5.41, 5.74) is 3.61. The second-order valence-corrected chi connectivity index (χ2v) is 7.90. The third-order valence-corrected chi connectivity index (χ3v) is 5.70. The quantitative estimate of drug-likeness (QED) is 0.475. The number of aromatic nitrogens is 4. The van der Waals surface area contributed by atoms with Gasteiger partial charge in [-0.15, -0.1) is 0 Å². The molecule has 0 aliphatic rings. The Morgan fingerprint density at radius 2 is 1.84 bits per heavy atom. The number of fused-ring (bicyclic) bond motifs is 2. The van der Waals surface area contributed by atoms with Crippen LogP contribution in [0.15, 0.2) is 72.0 Å². The van der Waals surface area contributed by atoms with E-state index >= 15 is 0 Å². The third kappa shape index (κ3) is 3.24. The van der Waals surface area contributed by atoms with Gasteiger partial charge in [0.05, 0.1) is 5.69 Å². The van der Waals surface area contributed by atoms with Crippen LogP contribution in [0, 0.1) is 6.92 Å². The van der Waals surface area contributed by atoms with E-state index < -0.39 is 0 Å². The average molecular weight is 423 g/mol. The first-order valence-electron chi connectivity index (χ1n) is 10.2. The molecule has 0 saturated carbocycles. The molecule has 4 aromatic heterocycles. The molecule has 1 N–H and O–H groups in total. The van der Waals surface area contributed by atoms with Crippen LogP contribution in [0.1, 0.15) is 15.9 Å². The fraction of sp³-hybridized carbons (Fsp3) is 0.120. The number of nitrogens with zero attached hydrogens (tertiary/aromatic N) is 4. The van der Waals surface area contributed by atoms with E-state index in [1.54, 1.807) is 42.3 Å². The molecule has 0 aliphatic carbocycles. The lowest BCUT2D eigenvalue weighted by Gasteiger charge is -2.12. The zero-order chi connectivity index (χ0) is 22.4. The summed E-state index contributed by atoms with van der Waals surface area (Å²) in [5, 5.41) is 5.65. The van der Waals surface area contributed by atoms with E-state index in [9.17, 15) is 9.59 Å². The molecule has 0 bridgehead atoms. The number of aryl methyl sites for hydroxylation is 3. The number of benzene rings is 1. The second kappa shape index (κ2) is 7.46. The summed E-state index contributed by atoms with van der Waals surface area (Å²) in [6.07, 6.45) is 7.13. The lowest BCUT2D eigenvalue weighted by atomic mass is 10.0. The predicted molar refractivity (Wildman–Crippen MR) is 126 cm³/mol. The molecule has 0 atom stereocenters. The molecule has 7 heteroatoms. The molecule has 0 fully saturated rings. The normalized spacial score (nSPS) is 11.2. The lowest BCUT2D eigenvalue weighted by Crippen LogP contribution is -2.18. The van der Waals surface area contributed by atoms with E-state index in [0.29, 0.717) is 16.9 Å². The van der Waals surface area contributed by atoms with Crippen LogP contribution in [0.5, 0.6) is 0 Å². The Hall–Kier alpha value is -4.26. The van der Waals surface area contributed by atoms with Crippen molar-refractivity contribution >= 4 is 33.4 Å². The van der Waals surface area contributed by atoms with Gasteiger partial charge in [-0.1, -0.05) is 12.1 Å². The van der Waals surface area contributed by atoms with Crippen LogP contribution in [0.2, 0.25) is 0 Å². The van der Waals surface area contributed by atoms with Crippen molar-refractivity contribution in [2.45, 2.75) is 6.92 Å². The van der Waals surface area contributed by atoms with Gasteiger partial charge in [0.25, 0.3) is 11.5 Å². The minimum atomic E-state index is -0.240. The molecule has 1 aromatic carbocycles. The fourth-order valence-electron chi connectivity index (χ4n) is 3.97. The third-order valence-electron chi connectivity index (χ3n) is 5.70. The minimum absolute atomic E-state index is 0.0649. The van der Waals surface area contributed by atoms with Gasteiger partial charge in [0.2, 0.25) is 0 Å². The molecule has 32 heavy (non-hydrogen) atoms. The van der Waals surface area contributed by atoms with Crippen molar-refractivity contribution in [1.29, 1.82) is 0 Å². The predicted octanol–water partition coefficient (Wildman–Crippen LogP) is 4.05. The van der Waals surface area contributed by atoms with Crippen LogP contribution < -0.4 is 10.9 Å². The van der Waals surface area contributed by atoms with Crippen LogP contribution in [0.4, 0.5) is 5.82 Å². The molecular formula is C25H21N5O2. The van der Waals surface area contributed by atoms with Crippen LogP contribution in [-0.4, -0.2) is 25.0 Å². The fourth-order valence-corrected chi connectivity index (χ4v) is 3.97. The van der Waals surface area contributed by atoms with Crippen molar-refractivity contribution in [2.75, 3.05) is 5.32 Å². The largest absolute Gasteiger partial charge is 0.346 e. The Labute approximate surface area is 184 Å². The van der Waals surface area contributed by atoms with Gasteiger partial charge in [-0.05, 0) is 48.2 Å². The Kier molecular flexibility index (Phi) is 4.59. The number of hydrogen-bond donors (Lipinski definition) is 1. The molecule has 5 aromatic rings. The Bertz CT molecular complexity index is 1580. The smallest absolute Gasteiger partial charge is 0.274 e. The Morgan fingerprint density at radius 1 is 1.00 bits per heavy atom. The Morgan fingerprint density at radius 3 is 2.69 bits per heavy atom. The standard InChI is InChI=1S/C25H21N5O2/c1-15-4-7-21(28-24(31)17-5-6-18-13-26-10-8-16(18)12-17)27-22(15)20-14-30(3)25(32)23-19(20)9-11-29(23)2/h4-14H,1-3H3,(H,27,28,31). The lowest BCUT2D eigenvalue weighted by molar-refractivity contribution is 0.102. The number of pyridine rings is 3. The molecule has 4 heterocycles. The van der Waals surface area contributed by atoms with Gasteiger partial charge in [0.1, 0.15) is 11.3 Å². The first-order valence-corrected chi connectivity index (χ1v) is 10.2. The summed E-state index contributed by atoms with van der Waals surface area (Å²) in [5.74, 6) is 0.208. The van der Waals surface area contributed by atoms with Crippen molar-refractivity contribution in [3.05, 3.63) is 88.7 Å². The molecule has 0 saturated heterocycles. The van der Waals surface area contributed by atoms with Crippen LogP contribution in [-0.2, 0) is 14.1 Å². The first-order chi connectivity index (χ1) is 15.4. The van der Waals surface area contributed by atoms with E-state index in [0.717, 1.165) is 33.0 Å². The molecule has 5 rings (SSSR count). The molecule has 0 radical (unpaired) electrons. The second-order valence-electron chi connectivity index (χ2n) is 7.90. The van der Waals surface area contributed by atoms with Crippen molar-refractivity contribution in [1.82, 2.24) is 19.1 Å². The zero-order valence-corrected chi connectivity index (χ0v) is 18.0. The van der Waals surface area contributed by atoms with E-state index in [2.05, 4.69) is 10.3 Å². The van der Waals surface area contributed by atoms with Crippen molar-refractivity contribution in [3.8, 4) is 11.3 Å². The highest BCUT2D eigenvalue weighted by molar-refractivity contribution is 6.06. The minimum Gasteiger partial charge on any atom is -0.346 e. The molecule has 0 aliphatic heterocycles. The highest BCUT2D eigenvalue weighted by Gasteiger charge is 2.16. The van der Waals surface area contributed by atoms with Crippen molar-refractivity contribution in [2.24, 2.45) is 14.1 Å². The summed E-state index contributed by atoms with van der Waals surface area (Å²) in [6.45, 7) is 1.96. The van der Waals surface area contributed by atoms with E-state index in [-0.39, 0.29) is 11.5 Å². The SMILES string of the molecule is Cc1ccc(NC(=O)c2ccc3cnccc3c2)nc1-c1cn(C)c(=O)c2c1ccn2C. The molecule has 1 amide bonds. The number of carbonyl (C=O) groups is 1. The summed E-state index contributed by atoms with van der Waals surface area (Å²) in [7, 11) is 3.58. The zero-order valence-electron chi connectivity index (χ0n) is 18.0. The molecule has 0 unspecified atom stereocenters. The maximum atomic E-state index is 12.9. The maximum absolute atomic E-state index is 12.9. The van der Waals surface area contributed by atoms with Gasteiger partial charge in [-0.3, -0.25) is 14.6 Å². The van der Waals surface area contributed by atoms with Crippen LogP contribution >= 0.6 is 0 Å². The number of carbonyl (C=O) groups excluding carboxylic acids is 1. The van der Waals surface area contributed by atoms with Crippen molar-refractivity contribution in [3.63, 3.8) is 0 Å². The summed E-state index contributed by atoms with van der Waals surface area (Å²) >= 11 is 0. The number of nitrogens with one attached hydrogen (secondary N) is 1. The van der Waals surface area contributed by atoms with Crippen LogP contribution in [0.25, 0.3) is 32.9 Å². The Balaban J connectivity index is 1.55. The monoisotopic (exact) mass is 423 g/mol. The number of rotatable bonds is 3. The topological polar surface area (TPSA) is 81.8 Å². The molecule has 0 spiro atoms. The molecule has 158 valence electrons.